The van der Waals surface area contributed by atoms with Crippen LogP contribution in [0.3, 0.4) is 0 Å². The summed E-state index contributed by atoms with van der Waals surface area (Å²) < 4.78 is 0. The maximum Gasteiger partial charge on any atom is 0.326 e. The maximum absolute atomic E-state index is 13.7. The molecule has 4 atom stereocenters. The highest BCUT2D eigenvalue weighted by molar-refractivity contribution is 7.98. The minimum absolute atomic E-state index is 0.0395. The van der Waals surface area contributed by atoms with Gasteiger partial charge in [-0.05, 0) is 53.7 Å². The number of amides is 3. The van der Waals surface area contributed by atoms with Crippen molar-refractivity contribution in [3.63, 3.8) is 0 Å². The van der Waals surface area contributed by atoms with Crippen molar-refractivity contribution in [1.29, 1.82) is 0 Å². The molecule has 8 N–H and O–H groups in total. The number of thioether (sulfide) groups is 1. The molecule has 12 heteroatoms. The molecule has 0 fully saturated rings. The smallest absolute Gasteiger partial charge is 0.326 e. The van der Waals surface area contributed by atoms with Gasteiger partial charge in [-0.3, -0.25) is 14.4 Å². The average Bonchev–Trinajstić information content (AvgIpc) is 3.70. The molecule has 4 unspecified atom stereocenters. The normalized spacial score (nSPS) is 13.8. The Labute approximate surface area is 282 Å². The number of carboxylic acid groups (broad SMARTS) is 1. The zero-order chi connectivity index (χ0) is 34.0. The zero-order valence-electron chi connectivity index (χ0n) is 26.6. The molecule has 0 bridgehead atoms. The minimum Gasteiger partial charge on any atom is -0.480 e. The van der Waals surface area contributed by atoms with E-state index in [1.807, 2.05) is 91.3 Å². The lowest BCUT2D eigenvalue weighted by Gasteiger charge is -2.25. The van der Waals surface area contributed by atoms with Crippen LogP contribution in [0.5, 0.6) is 0 Å². The fraction of sp³-hybridized carbons (Fsp3) is 0.278. The molecule has 0 aliphatic rings. The maximum atomic E-state index is 13.7. The van der Waals surface area contributed by atoms with Crippen LogP contribution < -0.4 is 21.7 Å². The summed E-state index contributed by atoms with van der Waals surface area (Å²) in [5, 5.41) is 20.1. The first kappa shape index (κ1) is 34.3. The molecule has 5 aromatic rings. The molecule has 48 heavy (non-hydrogen) atoms. The van der Waals surface area contributed by atoms with Crippen molar-refractivity contribution in [3.05, 3.63) is 108 Å². The molecule has 0 aliphatic carbocycles. The highest BCUT2D eigenvalue weighted by Crippen LogP contribution is 2.20. The van der Waals surface area contributed by atoms with Crippen molar-refractivity contribution in [2.75, 3.05) is 12.0 Å². The number of hydrogen-bond donors (Lipinski definition) is 7. The summed E-state index contributed by atoms with van der Waals surface area (Å²) in [7, 11) is 0. The summed E-state index contributed by atoms with van der Waals surface area (Å²) in [6.45, 7) is 0. The SMILES string of the molecule is CSCCC(NC(=O)C(N)Cc1c[nH]c2ccccc12)C(=O)NC(Cc1ccccc1)C(=O)NC(Cc1c[nH]c2ccccc12)C(=O)O. The average molecular weight is 669 g/mol. The van der Waals surface area contributed by atoms with E-state index in [0.717, 1.165) is 38.5 Å². The molecule has 0 aliphatic heterocycles. The minimum atomic E-state index is -1.25. The Morgan fingerprint density at radius 1 is 0.688 bits per heavy atom. The van der Waals surface area contributed by atoms with Gasteiger partial charge < -0.3 is 36.8 Å². The molecule has 11 nitrogen and oxygen atoms in total. The third-order valence-corrected chi connectivity index (χ3v) is 8.97. The third-order valence-electron chi connectivity index (χ3n) is 8.32. The molecular weight excluding hydrogens is 629 g/mol. The van der Waals surface area contributed by atoms with Gasteiger partial charge in [-0.1, -0.05) is 66.7 Å². The quantitative estimate of drug-likeness (QED) is 0.0842. The lowest BCUT2D eigenvalue weighted by Crippen LogP contribution is -2.58. The van der Waals surface area contributed by atoms with E-state index in [9.17, 15) is 24.3 Å². The lowest BCUT2D eigenvalue weighted by molar-refractivity contribution is -0.142. The largest absolute Gasteiger partial charge is 0.480 e. The standard InChI is InChI=1S/C36H40N6O5S/c1-48-16-15-30(40-33(43)27(37)18-23-20-38-28-13-7-5-11-25(23)28)34(44)41-31(17-22-9-3-2-4-10-22)35(45)42-32(36(46)47)19-24-21-39-29-14-8-6-12-26(24)29/h2-14,20-21,27,30-32,38-39H,15-19,37H2,1H3,(H,40,43)(H,41,44)(H,42,45)(H,46,47). The molecule has 0 saturated heterocycles. The highest BCUT2D eigenvalue weighted by Gasteiger charge is 2.31. The third kappa shape index (κ3) is 8.64. The van der Waals surface area contributed by atoms with Gasteiger partial charge in [0, 0.05) is 47.0 Å². The fourth-order valence-electron chi connectivity index (χ4n) is 5.74. The van der Waals surface area contributed by atoms with E-state index in [4.69, 9.17) is 5.73 Å². The van der Waals surface area contributed by atoms with Crippen molar-refractivity contribution in [1.82, 2.24) is 25.9 Å². The van der Waals surface area contributed by atoms with Gasteiger partial charge in [-0.25, -0.2) is 4.79 Å². The molecule has 2 aromatic heterocycles. The van der Waals surface area contributed by atoms with Crippen molar-refractivity contribution < 1.29 is 24.3 Å². The first-order valence-corrected chi connectivity index (χ1v) is 17.1. The number of hydrogen-bond acceptors (Lipinski definition) is 6. The number of carboxylic acids is 1. The van der Waals surface area contributed by atoms with Crippen LogP contribution in [-0.4, -0.2) is 74.9 Å². The molecule has 2 heterocycles. The van der Waals surface area contributed by atoms with Gasteiger partial charge in [0.1, 0.15) is 18.1 Å². The summed E-state index contributed by atoms with van der Waals surface area (Å²) in [6, 6.07) is 20.1. The number of rotatable bonds is 16. The molecule has 3 amide bonds. The second kappa shape index (κ2) is 16.2. The Bertz CT molecular complexity index is 1870. The van der Waals surface area contributed by atoms with Gasteiger partial charge in [0.05, 0.1) is 6.04 Å². The number of aliphatic carboxylic acids is 1. The monoisotopic (exact) mass is 668 g/mol. The summed E-state index contributed by atoms with van der Waals surface area (Å²) in [6.07, 6.45) is 6.17. The number of aromatic nitrogens is 2. The predicted octanol–water partition coefficient (Wildman–Crippen LogP) is 3.30. The molecule has 0 saturated carbocycles. The number of nitrogens with two attached hydrogens (primary N) is 1. The molecule has 3 aromatic carbocycles. The van der Waals surface area contributed by atoms with Crippen LogP contribution in [0.2, 0.25) is 0 Å². The number of carbonyl (C=O) groups excluding carboxylic acids is 3. The van der Waals surface area contributed by atoms with Crippen LogP contribution >= 0.6 is 11.8 Å². The van der Waals surface area contributed by atoms with E-state index in [-0.39, 0.29) is 19.3 Å². The predicted molar refractivity (Wildman–Crippen MR) is 189 cm³/mol. The Morgan fingerprint density at radius 3 is 1.81 bits per heavy atom. The molecule has 0 radical (unpaired) electrons. The Balaban J connectivity index is 1.30. The number of H-pyrrole nitrogens is 2. The van der Waals surface area contributed by atoms with Crippen molar-refractivity contribution in [3.8, 4) is 0 Å². The second-order valence-corrected chi connectivity index (χ2v) is 12.7. The van der Waals surface area contributed by atoms with Crippen molar-refractivity contribution in [2.45, 2.75) is 49.9 Å². The first-order chi connectivity index (χ1) is 23.2. The zero-order valence-corrected chi connectivity index (χ0v) is 27.4. The van der Waals surface area contributed by atoms with Crippen molar-refractivity contribution in [2.24, 2.45) is 5.73 Å². The number of fused-ring (bicyclic) bond motifs is 2. The second-order valence-electron chi connectivity index (χ2n) is 11.7. The molecular formula is C36H40N6O5S. The Kier molecular flexibility index (Phi) is 11.5. The van der Waals surface area contributed by atoms with Gasteiger partial charge in [0.25, 0.3) is 0 Å². The number of para-hydroxylation sites is 2. The Morgan fingerprint density at radius 2 is 1.21 bits per heavy atom. The van der Waals surface area contributed by atoms with Crippen LogP contribution in [0.1, 0.15) is 23.1 Å². The summed E-state index contributed by atoms with van der Waals surface area (Å²) in [5.74, 6) is -2.33. The van der Waals surface area contributed by atoms with Gasteiger partial charge in [0.2, 0.25) is 17.7 Å². The van der Waals surface area contributed by atoms with Crippen LogP contribution in [0, 0.1) is 0 Å². The number of nitrogens with one attached hydrogen (secondary N) is 5. The number of carbonyl (C=O) groups is 4. The van der Waals surface area contributed by atoms with Crippen LogP contribution in [0.4, 0.5) is 0 Å². The first-order valence-electron chi connectivity index (χ1n) is 15.8. The van der Waals surface area contributed by atoms with Gasteiger partial charge in [0.15, 0.2) is 0 Å². The van der Waals surface area contributed by atoms with Gasteiger partial charge >= 0.3 is 5.97 Å². The van der Waals surface area contributed by atoms with Gasteiger partial charge in [-0.15, -0.1) is 0 Å². The van der Waals surface area contributed by atoms with E-state index in [1.54, 1.807) is 6.20 Å². The van der Waals surface area contributed by atoms with Gasteiger partial charge in [-0.2, -0.15) is 11.8 Å². The number of aromatic amines is 2. The molecule has 5 rings (SSSR count). The lowest BCUT2D eigenvalue weighted by atomic mass is 10.0. The van der Waals surface area contributed by atoms with E-state index >= 15 is 0 Å². The molecule has 250 valence electrons. The van der Waals surface area contributed by atoms with Crippen LogP contribution in [-0.2, 0) is 38.4 Å². The molecule has 0 spiro atoms. The summed E-state index contributed by atoms with van der Waals surface area (Å²) in [5.41, 5.74) is 10.5. The number of benzene rings is 3. The fourth-order valence-corrected chi connectivity index (χ4v) is 6.21. The van der Waals surface area contributed by atoms with Crippen molar-refractivity contribution >= 4 is 57.3 Å². The van der Waals surface area contributed by atoms with E-state index in [1.165, 1.54) is 11.8 Å². The van der Waals surface area contributed by atoms with Crippen LogP contribution in [0.25, 0.3) is 21.8 Å². The highest BCUT2D eigenvalue weighted by atomic mass is 32.2. The van der Waals surface area contributed by atoms with E-state index < -0.39 is 47.9 Å². The summed E-state index contributed by atoms with van der Waals surface area (Å²) in [4.78, 5) is 59.4. The topological polar surface area (TPSA) is 182 Å². The van der Waals surface area contributed by atoms with E-state index in [0.29, 0.717) is 12.2 Å². The Hall–Kier alpha value is -5.07. The van der Waals surface area contributed by atoms with Crippen LogP contribution in [0.15, 0.2) is 91.3 Å². The summed E-state index contributed by atoms with van der Waals surface area (Å²) >= 11 is 1.52. The van der Waals surface area contributed by atoms with E-state index in [2.05, 4.69) is 25.9 Å².